The highest BCUT2D eigenvalue weighted by Gasteiger charge is 2.25. The number of benzene rings is 1. The normalized spacial score (nSPS) is 12.3. The number of anilines is 1. The number of halogens is 1. The number of aromatic nitrogens is 2. The largest absolute Gasteiger partial charge is 0.307 e. The van der Waals surface area contributed by atoms with Crippen molar-refractivity contribution < 1.29 is 9.18 Å². The van der Waals surface area contributed by atoms with Gasteiger partial charge < -0.3 is 5.32 Å². The Morgan fingerprint density at radius 1 is 1.09 bits per heavy atom. The van der Waals surface area contributed by atoms with E-state index in [2.05, 4.69) is 31.2 Å². The minimum Gasteiger partial charge on any atom is -0.307 e. The van der Waals surface area contributed by atoms with Crippen LogP contribution in [0.4, 0.5) is 10.2 Å². The Hall–Kier alpha value is -2.17. The monoisotopic (exact) mass is 317 g/mol. The summed E-state index contributed by atoms with van der Waals surface area (Å²) in [5.41, 5.74) is 0.924. The van der Waals surface area contributed by atoms with Crippen LogP contribution in [-0.2, 0) is 11.0 Å². The Balaban J connectivity index is 2.36. The minimum atomic E-state index is -0.365. The summed E-state index contributed by atoms with van der Waals surface area (Å²) in [5, 5.41) is 7.54. The van der Waals surface area contributed by atoms with Crippen LogP contribution in [0.25, 0.3) is 0 Å². The van der Waals surface area contributed by atoms with Gasteiger partial charge in [-0.3, -0.25) is 4.79 Å². The van der Waals surface area contributed by atoms with Gasteiger partial charge in [0.1, 0.15) is 11.6 Å². The Morgan fingerprint density at radius 2 is 1.65 bits per heavy atom. The van der Waals surface area contributed by atoms with Crippen LogP contribution in [0.5, 0.6) is 0 Å². The van der Waals surface area contributed by atoms with E-state index in [1.54, 1.807) is 0 Å². The summed E-state index contributed by atoms with van der Waals surface area (Å²) in [7, 11) is 0. The van der Waals surface area contributed by atoms with E-state index in [4.69, 9.17) is 0 Å². The molecule has 124 valence electrons. The van der Waals surface area contributed by atoms with Crippen molar-refractivity contribution in [2.45, 2.75) is 52.5 Å². The third-order valence-electron chi connectivity index (χ3n) is 3.46. The van der Waals surface area contributed by atoms with Crippen molar-refractivity contribution in [2.75, 3.05) is 5.32 Å². The highest BCUT2D eigenvalue weighted by Crippen LogP contribution is 2.28. The van der Waals surface area contributed by atoms with E-state index in [0.29, 0.717) is 11.4 Å². The zero-order valence-corrected chi connectivity index (χ0v) is 14.6. The molecule has 1 aromatic heterocycles. The summed E-state index contributed by atoms with van der Waals surface area (Å²) < 4.78 is 14.8. The van der Waals surface area contributed by atoms with Gasteiger partial charge in [-0.1, -0.05) is 20.8 Å². The molecule has 2 aromatic rings. The predicted octanol–water partition coefficient (Wildman–Crippen LogP) is 4.33. The van der Waals surface area contributed by atoms with E-state index >= 15 is 0 Å². The number of rotatable bonds is 2. The average Bonchev–Trinajstić information content (AvgIpc) is 2.83. The third kappa shape index (κ3) is 3.97. The molecule has 1 heterocycles. The van der Waals surface area contributed by atoms with E-state index in [1.807, 2.05) is 31.5 Å². The predicted molar refractivity (Wildman–Crippen MR) is 90.3 cm³/mol. The summed E-state index contributed by atoms with van der Waals surface area (Å²) in [5.74, 6) is -0.0103. The van der Waals surface area contributed by atoms with E-state index in [1.165, 1.54) is 24.3 Å². The number of carbonyl (C=O) groups is 1. The standard InChI is InChI=1S/C18H24FN3O/c1-17(2,3)14-11-15(22(21-14)18(4,5)6)20-16(23)12-7-9-13(19)10-8-12/h7-11H,1-6H3,(H,20,23). The van der Waals surface area contributed by atoms with Crippen LogP contribution in [0.2, 0.25) is 0 Å². The molecule has 0 unspecified atom stereocenters. The van der Waals surface area contributed by atoms with Crippen molar-refractivity contribution in [3.8, 4) is 0 Å². The summed E-state index contributed by atoms with van der Waals surface area (Å²) in [4.78, 5) is 12.4. The molecule has 0 spiro atoms. The van der Waals surface area contributed by atoms with Crippen LogP contribution in [0.1, 0.15) is 57.6 Å². The summed E-state index contributed by atoms with van der Waals surface area (Å²) >= 11 is 0. The summed E-state index contributed by atoms with van der Waals surface area (Å²) in [6.07, 6.45) is 0. The molecular weight excluding hydrogens is 293 g/mol. The van der Waals surface area contributed by atoms with Crippen molar-refractivity contribution in [1.29, 1.82) is 0 Å². The van der Waals surface area contributed by atoms with Crippen LogP contribution in [-0.4, -0.2) is 15.7 Å². The van der Waals surface area contributed by atoms with Crippen LogP contribution in [0.3, 0.4) is 0 Å². The Kier molecular flexibility index (Phi) is 4.33. The number of amides is 1. The lowest BCUT2D eigenvalue weighted by Gasteiger charge is -2.23. The molecule has 0 saturated heterocycles. The van der Waals surface area contributed by atoms with Crippen molar-refractivity contribution in [1.82, 2.24) is 9.78 Å². The maximum Gasteiger partial charge on any atom is 0.256 e. The lowest BCUT2D eigenvalue weighted by Crippen LogP contribution is -2.27. The average molecular weight is 317 g/mol. The van der Waals surface area contributed by atoms with Crippen molar-refractivity contribution >= 4 is 11.7 Å². The zero-order chi connectivity index (χ0) is 17.4. The molecule has 0 radical (unpaired) electrons. The smallest absolute Gasteiger partial charge is 0.256 e. The van der Waals surface area contributed by atoms with Crippen LogP contribution >= 0.6 is 0 Å². The first-order valence-electron chi connectivity index (χ1n) is 7.66. The van der Waals surface area contributed by atoms with Gasteiger partial charge in [0, 0.05) is 17.0 Å². The van der Waals surface area contributed by atoms with E-state index < -0.39 is 0 Å². The number of hydrogen-bond acceptors (Lipinski definition) is 2. The van der Waals surface area contributed by atoms with E-state index in [-0.39, 0.29) is 22.7 Å². The second kappa shape index (κ2) is 5.80. The molecular formula is C18H24FN3O. The first-order valence-corrected chi connectivity index (χ1v) is 7.66. The van der Waals surface area contributed by atoms with Gasteiger partial charge in [-0.05, 0) is 45.0 Å². The number of carbonyl (C=O) groups excluding carboxylic acids is 1. The van der Waals surface area contributed by atoms with Gasteiger partial charge in [0.05, 0.1) is 11.2 Å². The molecule has 1 aromatic carbocycles. The minimum absolute atomic E-state index is 0.119. The molecule has 1 N–H and O–H groups in total. The van der Waals surface area contributed by atoms with Crippen molar-refractivity contribution in [2.24, 2.45) is 0 Å². The van der Waals surface area contributed by atoms with Crippen molar-refractivity contribution in [3.05, 3.63) is 47.4 Å². The van der Waals surface area contributed by atoms with Gasteiger partial charge in [0.25, 0.3) is 5.91 Å². The van der Waals surface area contributed by atoms with Crippen LogP contribution in [0, 0.1) is 5.82 Å². The highest BCUT2D eigenvalue weighted by atomic mass is 19.1. The maximum atomic E-state index is 13.0. The SMILES string of the molecule is CC(C)(C)c1cc(NC(=O)c2ccc(F)cc2)n(C(C)(C)C)n1. The van der Waals surface area contributed by atoms with E-state index in [9.17, 15) is 9.18 Å². The molecule has 0 bridgehead atoms. The second-order valence-corrected chi connectivity index (χ2v) is 7.71. The molecule has 0 aliphatic heterocycles. The topological polar surface area (TPSA) is 46.9 Å². The number of hydrogen-bond donors (Lipinski definition) is 1. The van der Waals surface area contributed by atoms with Gasteiger partial charge in [-0.25, -0.2) is 9.07 Å². The fourth-order valence-corrected chi connectivity index (χ4v) is 2.14. The molecule has 23 heavy (non-hydrogen) atoms. The molecule has 0 aliphatic rings. The molecule has 5 heteroatoms. The first kappa shape index (κ1) is 17.2. The second-order valence-electron chi connectivity index (χ2n) is 7.71. The summed E-state index contributed by atoms with van der Waals surface area (Å²) in [6, 6.07) is 7.38. The summed E-state index contributed by atoms with van der Waals surface area (Å²) in [6.45, 7) is 12.3. The van der Waals surface area contributed by atoms with Crippen LogP contribution < -0.4 is 5.32 Å². The molecule has 0 atom stereocenters. The zero-order valence-electron chi connectivity index (χ0n) is 14.6. The maximum absolute atomic E-state index is 13.0. The fraction of sp³-hybridized carbons (Fsp3) is 0.444. The highest BCUT2D eigenvalue weighted by molar-refractivity contribution is 6.03. The lowest BCUT2D eigenvalue weighted by molar-refractivity contribution is 0.102. The lowest BCUT2D eigenvalue weighted by atomic mass is 9.92. The number of nitrogens with zero attached hydrogens (tertiary/aromatic N) is 2. The van der Waals surface area contributed by atoms with Gasteiger partial charge in [-0.15, -0.1) is 0 Å². The Labute approximate surface area is 136 Å². The molecule has 2 rings (SSSR count). The van der Waals surface area contributed by atoms with Gasteiger partial charge in [0.15, 0.2) is 0 Å². The Morgan fingerprint density at radius 3 is 2.13 bits per heavy atom. The van der Waals surface area contributed by atoms with Crippen molar-refractivity contribution in [3.63, 3.8) is 0 Å². The number of nitrogens with one attached hydrogen (secondary N) is 1. The van der Waals surface area contributed by atoms with Gasteiger partial charge in [-0.2, -0.15) is 5.10 Å². The third-order valence-corrected chi connectivity index (χ3v) is 3.46. The molecule has 4 nitrogen and oxygen atoms in total. The quantitative estimate of drug-likeness (QED) is 0.896. The van der Waals surface area contributed by atoms with E-state index in [0.717, 1.165) is 5.69 Å². The van der Waals surface area contributed by atoms with Gasteiger partial charge in [0.2, 0.25) is 0 Å². The van der Waals surface area contributed by atoms with Gasteiger partial charge >= 0.3 is 0 Å². The molecule has 0 aliphatic carbocycles. The Bertz CT molecular complexity index is 703. The fourth-order valence-electron chi connectivity index (χ4n) is 2.14. The molecule has 0 saturated carbocycles. The first-order chi connectivity index (χ1) is 10.5. The molecule has 0 fully saturated rings. The van der Waals surface area contributed by atoms with Crippen LogP contribution in [0.15, 0.2) is 30.3 Å². The molecule has 1 amide bonds.